The van der Waals surface area contributed by atoms with Crippen molar-refractivity contribution in [1.82, 2.24) is 9.78 Å². The van der Waals surface area contributed by atoms with Crippen LogP contribution in [0.25, 0.3) is 0 Å². The zero-order valence-corrected chi connectivity index (χ0v) is 7.15. The summed E-state index contributed by atoms with van der Waals surface area (Å²) in [5.41, 5.74) is -1.16. The highest BCUT2D eigenvalue weighted by Gasteiger charge is 2.26. The Morgan fingerprint density at radius 1 is 1.57 bits per heavy atom. The van der Waals surface area contributed by atoms with Crippen molar-refractivity contribution < 1.29 is 9.66 Å². The summed E-state index contributed by atoms with van der Waals surface area (Å²) in [4.78, 5) is 21.0. The van der Waals surface area contributed by atoms with Gasteiger partial charge in [-0.1, -0.05) is 0 Å². The van der Waals surface area contributed by atoms with Crippen LogP contribution in [0.3, 0.4) is 0 Å². The highest BCUT2D eigenvalue weighted by molar-refractivity contribution is 5.55. The summed E-state index contributed by atoms with van der Waals surface area (Å²) in [6.07, 6.45) is 0. The number of ether oxygens (including phenoxy) is 1. The molecule has 0 fully saturated rings. The molecule has 1 aliphatic heterocycles. The molecule has 2 N–H and O–H groups in total. The van der Waals surface area contributed by atoms with Crippen molar-refractivity contribution in [1.29, 1.82) is 0 Å². The van der Waals surface area contributed by atoms with Crippen LogP contribution >= 0.6 is 0 Å². The maximum Gasteiger partial charge on any atom is 0.376 e. The molecule has 0 aromatic carbocycles. The minimum Gasteiger partial charge on any atom is -0.359 e. The SMILES string of the molecule is O=c1[nH]n2c(c1[N+](=O)[O-])NCOCC2. The van der Waals surface area contributed by atoms with Gasteiger partial charge in [-0.15, -0.1) is 0 Å². The molecular weight excluding hydrogens is 192 g/mol. The first-order valence-electron chi connectivity index (χ1n) is 3.99. The molecule has 14 heavy (non-hydrogen) atoms. The number of nitro groups is 1. The topological polar surface area (TPSA) is 102 Å². The van der Waals surface area contributed by atoms with Crippen LogP contribution in [0.4, 0.5) is 11.5 Å². The second kappa shape index (κ2) is 3.14. The van der Waals surface area contributed by atoms with Gasteiger partial charge < -0.3 is 10.1 Å². The van der Waals surface area contributed by atoms with Crippen molar-refractivity contribution in [2.45, 2.75) is 6.54 Å². The highest BCUT2D eigenvalue weighted by Crippen LogP contribution is 2.19. The number of aromatic nitrogens is 2. The molecule has 0 amide bonds. The summed E-state index contributed by atoms with van der Waals surface area (Å²) in [7, 11) is 0. The summed E-state index contributed by atoms with van der Waals surface area (Å²) in [6, 6.07) is 0. The maximum absolute atomic E-state index is 11.2. The van der Waals surface area contributed by atoms with Crippen molar-refractivity contribution in [3.63, 3.8) is 0 Å². The summed E-state index contributed by atoms with van der Waals surface area (Å²) < 4.78 is 6.42. The van der Waals surface area contributed by atoms with E-state index in [4.69, 9.17) is 4.74 Å². The third-order valence-electron chi connectivity index (χ3n) is 1.93. The average Bonchev–Trinajstić information content (AvgIpc) is 2.31. The largest absolute Gasteiger partial charge is 0.376 e. The molecule has 8 heteroatoms. The van der Waals surface area contributed by atoms with E-state index in [0.29, 0.717) is 13.2 Å². The van der Waals surface area contributed by atoms with Crippen molar-refractivity contribution in [3.05, 3.63) is 20.5 Å². The Morgan fingerprint density at radius 2 is 2.36 bits per heavy atom. The minimum atomic E-state index is -0.705. The smallest absolute Gasteiger partial charge is 0.359 e. The van der Waals surface area contributed by atoms with E-state index in [0.717, 1.165) is 0 Å². The van der Waals surface area contributed by atoms with Gasteiger partial charge in [-0.3, -0.25) is 24.7 Å². The molecule has 1 aromatic heterocycles. The van der Waals surface area contributed by atoms with E-state index in [1.54, 1.807) is 0 Å². The van der Waals surface area contributed by atoms with Gasteiger partial charge in [0, 0.05) is 0 Å². The lowest BCUT2D eigenvalue weighted by molar-refractivity contribution is -0.385. The van der Waals surface area contributed by atoms with Gasteiger partial charge in [0.05, 0.1) is 18.1 Å². The van der Waals surface area contributed by atoms with Crippen LogP contribution in [0, 0.1) is 10.1 Å². The minimum absolute atomic E-state index is 0.165. The number of hydrogen-bond donors (Lipinski definition) is 2. The maximum atomic E-state index is 11.2. The lowest BCUT2D eigenvalue weighted by atomic mass is 10.5. The van der Waals surface area contributed by atoms with Crippen molar-refractivity contribution in [2.75, 3.05) is 18.7 Å². The Kier molecular flexibility index (Phi) is 1.97. The fourth-order valence-corrected chi connectivity index (χ4v) is 1.33. The number of nitrogens with zero attached hydrogens (tertiary/aromatic N) is 2. The summed E-state index contributed by atoms with van der Waals surface area (Å²) in [5.74, 6) is 0.178. The van der Waals surface area contributed by atoms with E-state index in [2.05, 4.69) is 10.4 Å². The molecule has 1 aliphatic rings. The Balaban J connectivity index is 2.55. The van der Waals surface area contributed by atoms with E-state index in [-0.39, 0.29) is 12.5 Å². The molecule has 2 heterocycles. The third kappa shape index (κ3) is 1.25. The summed E-state index contributed by atoms with van der Waals surface area (Å²) in [5, 5.41) is 15.6. The van der Waals surface area contributed by atoms with Crippen LogP contribution in [0.2, 0.25) is 0 Å². The quantitative estimate of drug-likeness (QED) is 0.469. The average molecular weight is 200 g/mol. The zero-order valence-electron chi connectivity index (χ0n) is 7.15. The molecule has 0 saturated carbocycles. The number of rotatable bonds is 1. The van der Waals surface area contributed by atoms with Gasteiger partial charge in [-0.2, -0.15) is 0 Å². The third-order valence-corrected chi connectivity index (χ3v) is 1.93. The molecule has 2 rings (SSSR count). The van der Waals surface area contributed by atoms with E-state index in [1.165, 1.54) is 4.68 Å². The van der Waals surface area contributed by atoms with Crippen LogP contribution in [-0.4, -0.2) is 28.0 Å². The molecule has 8 nitrogen and oxygen atoms in total. The first kappa shape index (κ1) is 8.75. The normalized spacial score (nSPS) is 15.4. The van der Waals surface area contributed by atoms with Gasteiger partial charge in [-0.05, 0) is 0 Å². The van der Waals surface area contributed by atoms with Crippen LogP contribution in [0.15, 0.2) is 4.79 Å². The fourth-order valence-electron chi connectivity index (χ4n) is 1.33. The molecular formula is C6H8N4O4. The molecule has 0 spiro atoms. The molecule has 0 saturated heterocycles. The summed E-state index contributed by atoms with van der Waals surface area (Å²) in [6.45, 7) is 0.964. The second-order valence-electron chi connectivity index (χ2n) is 2.78. The molecule has 0 unspecified atom stereocenters. The predicted octanol–water partition coefficient (Wildman–Crippen LogP) is -0.516. The molecule has 0 bridgehead atoms. The number of fused-ring (bicyclic) bond motifs is 1. The Morgan fingerprint density at radius 3 is 3.07 bits per heavy atom. The molecule has 76 valence electrons. The van der Waals surface area contributed by atoms with Crippen molar-refractivity contribution in [2.24, 2.45) is 0 Å². The Bertz CT molecular complexity index is 420. The van der Waals surface area contributed by atoms with Crippen LogP contribution in [0.1, 0.15) is 0 Å². The van der Waals surface area contributed by atoms with Crippen molar-refractivity contribution in [3.8, 4) is 0 Å². The standard InChI is InChI=1S/C6H8N4O4/c11-6-4(10(12)13)5-7-3-14-2-1-9(5)8-6/h7H,1-3H2,(H,8,11). The first-order valence-corrected chi connectivity index (χ1v) is 3.99. The number of aromatic amines is 1. The van der Waals surface area contributed by atoms with E-state index < -0.39 is 16.2 Å². The van der Waals surface area contributed by atoms with E-state index in [1.807, 2.05) is 0 Å². The van der Waals surface area contributed by atoms with Gasteiger partial charge in [0.2, 0.25) is 5.82 Å². The number of hydrogen-bond acceptors (Lipinski definition) is 5. The fraction of sp³-hybridized carbons (Fsp3) is 0.500. The van der Waals surface area contributed by atoms with Gasteiger partial charge in [0.1, 0.15) is 6.73 Å². The Hall–Kier alpha value is -1.83. The van der Waals surface area contributed by atoms with Crippen LogP contribution in [-0.2, 0) is 11.3 Å². The number of H-pyrrole nitrogens is 1. The monoisotopic (exact) mass is 200 g/mol. The molecule has 0 radical (unpaired) electrons. The summed E-state index contributed by atoms with van der Waals surface area (Å²) >= 11 is 0. The van der Waals surface area contributed by atoms with E-state index >= 15 is 0 Å². The number of nitrogens with one attached hydrogen (secondary N) is 2. The van der Waals surface area contributed by atoms with Gasteiger partial charge in [-0.25, -0.2) is 0 Å². The van der Waals surface area contributed by atoms with Gasteiger partial charge in [0.25, 0.3) is 0 Å². The predicted molar refractivity (Wildman–Crippen MR) is 46.1 cm³/mol. The first-order chi connectivity index (χ1) is 6.70. The van der Waals surface area contributed by atoms with Crippen molar-refractivity contribution >= 4 is 11.5 Å². The molecule has 0 aliphatic carbocycles. The highest BCUT2D eigenvalue weighted by atomic mass is 16.6. The van der Waals surface area contributed by atoms with Crippen LogP contribution < -0.4 is 10.9 Å². The lowest BCUT2D eigenvalue weighted by Crippen LogP contribution is -2.10. The molecule has 0 atom stereocenters. The van der Waals surface area contributed by atoms with Gasteiger partial charge >= 0.3 is 11.2 Å². The van der Waals surface area contributed by atoms with E-state index in [9.17, 15) is 14.9 Å². The molecule has 1 aromatic rings. The second-order valence-corrected chi connectivity index (χ2v) is 2.78. The zero-order chi connectivity index (χ0) is 10.1. The van der Waals surface area contributed by atoms with Gasteiger partial charge in [0.15, 0.2) is 0 Å². The Labute approximate surface area is 77.6 Å². The lowest BCUT2D eigenvalue weighted by Gasteiger charge is -2.00. The number of anilines is 1. The van der Waals surface area contributed by atoms with Crippen LogP contribution in [0.5, 0.6) is 0 Å².